The maximum atomic E-state index is 5.87. The molecular weight excluding hydrogens is 228 g/mol. The molecule has 0 saturated heterocycles. The average Bonchev–Trinajstić information content (AvgIpc) is 2.67. The molecule has 0 saturated carbocycles. The first kappa shape index (κ1) is 12.1. The number of anilines is 1. The zero-order valence-corrected chi connectivity index (χ0v) is 11.1. The second-order valence-electron chi connectivity index (χ2n) is 4.17. The van der Waals surface area contributed by atoms with Crippen molar-refractivity contribution >= 4 is 17.0 Å². The van der Waals surface area contributed by atoms with E-state index in [0.29, 0.717) is 6.54 Å². The fourth-order valence-corrected chi connectivity index (χ4v) is 2.98. The van der Waals surface area contributed by atoms with E-state index in [0.717, 1.165) is 5.69 Å². The van der Waals surface area contributed by atoms with Gasteiger partial charge in [0.25, 0.3) is 0 Å². The van der Waals surface area contributed by atoms with Crippen LogP contribution in [-0.4, -0.2) is 6.54 Å². The Bertz CT molecular complexity index is 476. The van der Waals surface area contributed by atoms with Gasteiger partial charge in [-0.2, -0.15) is 0 Å². The van der Waals surface area contributed by atoms with Gasteiger partial charge in [-0.3, -0.25) is 0 Å². The number of hydrogen-bond donors (Lipinski definition) is 2. The lowest BCUT2D eigenvalue weighted by Crippen LogP contribution is -2.20. The third-order valence-corrected chi connectivity index (χ3v) is 3.79. The molecule has 17 heavy (non-hydrogen) atoms. The first-order chi connectivity index (χ1) is 8.20. The quantitative estimate of drug-likeness (QED) is 0.866. The first-order valence-corrected chi connectivity index (χ1v) is 6.61. The summed E-state index contributed by atoms with van der Waals surface area (Å²) >= 11 is 1.83. The van der Waals surface area contributed by atoms with Crippen molar-refractivity contribution < 1.29 is 0 Å². The molecule has 3 heteroatoms. The van der Waals surface area contributed by atoms with Crippen LogP contribution in [0.5, 0.6) is 0 Å². The van der Waals surface area contributed by atoms with Crippen molar-refractivity contribution in [3.63, 3.8) is 0 Å². The van der Waals surface area contributed by atoms with Crippen LogP contribution in [0.25, 0.3) is 0 Å². The number of benzene rings is 1. The highest BCUT2D eigenvalue weighted by Gasteiger charge is 2.14. The monoisotopic (exact) mass is 246 g/mol. The van der Waals surface area contributed by atoms with Crippen LogP contribution in [0.1, 0.15) is 21.4 Å². The lowest BCUT2D eigenvalue weighted by molar-refractivity contribution is 0.788. The lowest BCUT2D eigenvalue weighted by atomic mass is 10.1. The molecule has 0 bridgehead atoms. The van der Waals surface area contributed by atoms with E-state index in [-0.39, 0.29) is 6.04 Å². The highest BCUT2D eigenvalue weighted by atomic mass is 32.1. The maximum absolute atomic E-state index is 5.87. The van der Waals surface area contributed by atoms with Gasteiger partial charge in [-0.1, -0.05) is 18.2 Å². The second kappa shape index (κ2) is 5.34. The molecule has 0 fully saturated rings. The topological polar surface area (TPSA) is 38.0 Å². The zero-order valence-electron chi connectivity index (χ0n) is 10.2. The van der Waals surface area contributed by atoms with E-state index in [4.69, 9.17) is 5.73 Å². The molecule has 2 nitrogen and oxygen atoms in total. The predicted molar refractivity (Wildman–Crippen MR) is 75.7 cm³/mol. The zero-order chi connectivity index (χ0) is 12.3. The summed E-state index contributed by atoms with van der Waals surface area (Å²) in [7, 11) is 0. The van der Waals surface area contributed by atoms with Crippen molar-refractivity contribution in [1.29, 1.82) is 0 Å². The molecule has 1 unspecified atom stereocenters. The minimum Gasteiger partial charge on any atom is -0.377 e. The molecule has 1 aromatic carbocycles. The number of nitrogens with one attached hydrogen (secondary N) is 1. The normalized spacial score (nSPS) is 12.4. The van der Waals surface area contributed by atoms with E-state index in [2.05, 4.69) is 37.4 Å². The summed E-state index contributed by atoms with van der Waals surface area (Å²) in [6.07, 6.45) is 0. The molecule has 90 valence electrons. The Labute approximate surface area is 106 Å². The van der Waals surface area contributed by atoms with E-state index in [1.807, 2.05) is 29.5 Å². The second-order valence-corrected chi connectivity index (χ2v) is 5.63. The molecule has 1 atom stereocenters. The Balaban J connectivity index is 2.20. The van der Waals surface area contributed by atoms with Crippen molar-refractivity contribution in [3.8, 4) is 0 Å². The smallest absolute Gasteiger partial charge is 0.0647 e. The number of nitrogens with two attached hydrogens (primary N) is 1. The van der Waals surface area contributed by atoms with Gasteiger partial charge in [0.15, 0.2) is 0 Å². The van der Waals surface area contributed by atoms with Gasteiger partial charge in [0.05, 0.1) is 6.04 Å². The van der Waals surface area contributed by atoms with Gasteiger partial charge < -0.3 is 11.1 Å². The molecule has 0 aliphatic carbocycles. The van der Waals surface area contributed by atoms with E-state index >= 15 is 0 Å². The van der Waals surface area contributed by atoms with Gasteiger partial charge in [0.1, 0.15) is 0 Å². The molecule has 1 heterocycles. The summed E-state index contributed by atoms with van der Waals surface area (Å²) in [5, 5.41) is 3.48. The minimum absolute atomic E-state index is 0.197. The maximum Gasteiger partial charge on any atom is 0.0647 e. The van der Waals surface area contributed by atoms with Crippen molar-refractivity contribution in [2.45, 2.75) is 19.9 Å². The van der Waals surface area contributed by atoms with Crippen molar-refractivity contribution in [2.75, 3.05) is 11.9 Å². The van der Waals surface area contributed by atoms with E-state index in [1.165, 1.54) is 15.3 Å². The summed E-state index contributed by atoms with van der Waals surface area (Å²) in [5.41, 5.74) is 8.31. The number of para-hydroxylation sites is 1. The predicted octanol–water partition coefficient (Wildman–Crippen LogP) is 3.48. The van der Waals surface area contributed by atoms with Crippen LogP contribution in [-0.2, 0) is 0 Å². The Morgan fingerprint density at radius 2 is 1.94 bits per heavy atom. The van der Waals surface area contributed by atoms with Crippen molar-refractivity contribution in [2.24, 2.45) is 5.73 Å². The van der Waals surface area contributed by atoms with Crippen LogP contribution in [0.3, 0.4) is 0 Å². The Kier molecular flexibility index (Phi) is 3.82. The van der Waals surface area contributed by atoms with Crippen LogP contribution in [0, 0.1) is 13.8 Å². The number of aryl methyl sites for hydroxylation is 2. The first-order valence-electron chi connectivity index (χ1n) is 5.79. The molecule has 0 aliphatic heterocycles. The van der Waals surface area contributed by atoms with Gasteiger partial charge >= 0.3 is 0 Å². The van der Waals surface area contributed by atoms with Gasteiger partial charge in [0.2, 0.25) is 0 Å². The summed E-state index contributed by atoms with van der Waals surface area (Å²) < 4.78 is 0. The molecule has 0 amide bonds. The van der Waals surface area contributed by atoms with Crippen LogP contribution in [0.2, 0.25) is 0 Å². The number of hydrogen-bond acceptors (Lipinski definition) is 3. The third kappa shape index (κ3) is 2.87. The fraction of sp³-hybridized carbons (Fsp3) is 0.286. The molecule has 2 rings (SSSR count). The molecule has 2 aromatic rings. The molecule has 0 spiro atoms. The van der Waals surface area contributed by atoms with Gasteiger partial charge in [-0.05, 0) is 37.6 Å². The highest BCUT2D eigenvalue weighted by Crippen LogP contribution is 2.28. The summed E-state index contributed by atoms with van der Waals surface area (Å²) in [6, 6.07) is 12.6. The van der Waals surface area contributed by atoms with Gasteiger partial charge in [0, 0.05) is 22.0 Å². The Hall–Kier alpha value is -1.32. The van der Waals surface area contributed by atoms with E-state index < -0.39 is 0 Å². The number of rotatable bonds is 4. The third-order valence-electron chi connectivity index (χ3n) is 2.81. The lowest BCUT2D eigenvalue weighted by Gasteiger charge is -2.18. The standard InChI is InChI=1S/C14H18N2S/c1-10-8-13(11(2)17-10)14(9-15)16-12-6-4-3-5-7-12/h3-8,14,16H,9,15H2,1-2H3. The fourth-order valence-electron chi connectivity index (χ4n) is 2.00. The molecule has 3 N–H and O–H groups in total. The summed E-state index contributed by atoms with van der Waals surface area (Å²) in [5.74, 6) is 0. The molecular formula is C14H18N2S. The van der Waals surface area contributed by atoms with Crippen LogP contribution < -0.4 is 11.1 Å². The minimum atomic E-state index is 0.197. The average molecular weight is 246 g/mol. The highest BCUT2D eigenvalue weighted by molar-refractivity contribution is 7.12. The number of thiophene rings is 1. The van der Waals surface area contributed by atoms with Crippen LogP contribution >= 0.6 is 11.3 Å². The van der Waals surface area contributed by atoms with Gasteiger partial charge in [-0.15, -0.1) is 11.3 Å². The largest absolute Gasteiger partial charge is 0.377 e. The molecule has 0 radical (unpaired) electrons. The Morgan fingerprint density at radius 1 is 1.24 bits per heavy atom. The Morgan fingerprint density at radius 3 is 2.47 bits per heavy atom. The van der Waals surface area contributed by atoms with Crippen molar-refractivity contribution in [3.05, 3.63) is 51.7 Å². The summed E-state index contributed by atoms with van der Waals surface area (Å²) in [4.78, 5) is 2.69. The van der Waals surface area contributed by atoms with Crippen LogP contribution in [0.15, 0.2) is 36.4 Å². The molecule has 1 aromatic heterocycles. The van der Waals surface area contributed by atoms with Crippen molar-refractivity contribution in [1.82, 2.24) is 0 Å². The van der Waals surface area contributed by atoms with Crippen LogP contribution in [0.4, 0.5) is 5.69 Å². The SMILES string of the molecule is Cc1cc(C(CN)Nc2ccccc2)c(C)s1. The van der Waals surface area contributed by atoms with E-state index in [1.54, 1.807) is 0 Å². The van der Waals surface area contributed by atoms with E-state index in [9.17, 15) is 0 Å². The molecule has 0 aliphatic rings. The van der Waals surface area contributed by atoms with Gasteiger partial charge in [-0.25, -0.2) is 0 Å². The summed E-state index contributed by atoms with van der Waals surface area (Å²) in [6.45, 7) is 4.89.